The molecule has 4 aromatic rings. The second kappa shape index (κ2) is 7.48. The lowest BCUT2D eigenvalue weighted by molar-refractivity contribution is -0.113. The number of hydrogen-bond acceptors (Lipinski definition) is 5. The number of aromatic nitrogens is 3. The number of hydrogen-bond donors (Lipinski definition) is 1. The highest BCUT2D eigenvalue weighted by Crippen LogP contribution is 2.24. The van der Waals surface area contributed by atoms with E-state index < -0.39 is 21.5 Å². The van der Waals surface area contributed by atoms with Gasteiger partial charge in [0.1, 0.15) is 5.75 Å². The normalized spacial score (nSPS) is 11.5. The molecule has 0 aliphatic carbocycles. The highest BCUT2D eigenvalue weighted by Gasteiger charge is 2.26. The van der Waals surface area contributed by atoms with Crippen molar-refractivity contribution in [2.45, 2.75) is 5.16 Å². The van der Waals surface area contributed by atoms with Gasteiger partial charge in [-0.1, -0.05) is 54.6 Å². The van der Waals surface area contributed by atoms with Crippen LogP contribution >= 0.6 is 0 Å². The van der Waals surface area contributed by atoms with Crippen LogP contribution in [0.25, 0.3) is 22.2 Å². The average molecular weight is 406 g/mol. The van der Waals surface area contributed by atoms with Crippen LogP contribution in [0.3, 0.4) is 0 Å². The quantitative estimate of drug-likeness (QED) is 0.550. The Morgan fingerprint density at radius 3 is 2.38 bits per heavy atom. The van der Waals surface area contributed by atoms with Crippen LogP contribution in [-0.2, 0) is 21.7 Å². The van der Waals surface area contributed by atoms with Gasteiger partial charge in [0.25, 0.3) is 0 Å². The van der Waals surface area contributed by atoms with Gasteiger partial charge in [0, 0.05) is 18.3 Å². The molecule has 4 rings (SSSR count). The van der Waals surface area contributed by atoms with Gasteiger partial charge in [0.2, 0.25) is 20.9 Å². The first-order valence-electron chi connectivity index (χ1n) is 8.90. The molecule has 146 valence electrons. The van der Waals surface area contributed by atoms with Gasteiger partial charge in [0.05, 0.1) is 0 Å². The minimum absolute atomic E-state index is 0.246. The third-order valence-electron chi connectivity index (χ3n) is 4.50. The Hall–Kier alpha value is -3.52. The summed E-state index contributed by atoms with van der Waals surface area (Å²) >= 11 is 0. The molecule has 0 aliphatic rings. The maximum atomic E-state index is 12.7. The van der Waals surface area contributed by atoms with Crippen molar-refractivity contribution in [3.05, 3.63) is 72.8 Å². The van der Waals surface area contributed by atoms with Crippen LogP contribution < -0.4 is 5.32 Å². The van der Waals surface area contributed by atoms with Crippen molar-refractivity contribution in [1.82, 2.24) is 14.8 Å². The molecule has 3 aromatic carbocycles. The number of carbonyl (C=O) groups excluding carboxylic acids is 1. The van der Waals surface area contributed by atoms with Gasteiger partial charge in [-0.05, 0) is 29.0 Å². The van der Waals surface area contributed by atoms with Crippen LogP contribution in [0.15, 0.2) is 78.0 Å². The molecule has 0 aliphatic heterocycles. The molecule has 0 unspecified atom stereocenters. The summed E-state index contributed by atoms with van der Waals surface area (Å²) in [6.07, 6.45) is 0. The van der Waals surface area contributed by atoms with Crippen LogP contribution in [0, 0.1) is 0 Å². The van der Waals surface area contributed by atoms with Gasteiger partial charge in [-0.25, -0.2) is 8.42 Å². The standard InChI is InChI=1S/C21H18N4O3S/c1-25-20(17-12-11-15-7-5-6-8-16(15)13-17)23-24-21(25)29(27,28)14-19(26)22-18-9-3-2-4-10-18/h2-13H,14H2,1H3,(H,22,26). The molecule has 1 aromatic heterocycles. The molecule has 1 heterocycles. The number of amides is 1. The number of rotatable bonds is 5. The summed E-state index contributed by atoms with van der Waals surface area (Å²) in [5.41, 5.74) is 1.27. The highest BCUT2D eigenvalue weighted by atomic mass is 32.2. The number of benzene rings is 3. The second-order valence-corrected chi connectivity index (χ2v) is 8.48. The maximum absolute atomic E-state index is 12.7. The van der Waals surface area contributed by atoms with Crippen molar-refractivity contribution in [2.75, 3.05) is 11.1 Å². The molecular formula is C21H18N4O3S. The Kier molecular flexibility index (Phi) is 4.85. The van der Waals surface area contributed by atoms with E-state index in [2.05, 4.69) is 15.5 Å². The number of carbonyl (C=O) groups is 1. The summed E-state index contributed by atoms with van der Waals surface area (Å²) in [7, 11) is -2.39. The van der Waals surface area contributed by atoms with Gasteiger partial charge < -0.3 is 9.88 Å². The van der Waals surface area contributed by atoms with Crippen LogP contribution in [0.4, 0.5) is 5.69 Å². The molecule has 0 radical (unpaired) electrons. The molecule has 0 saturated carbocycles. The zero-order chi connectivity index (χ0) is 20.4. The van der Waals surface area contributed by atoms with Gasteiger partial charge >= 0.3 is 0 Å². The summed E-state index contributed by atoms with van der Waals surface area (Å²) in [6.45, 7) is 0. The number of nitrogens with zero attached hydrogens (tertiary/aromatic N) is 3. The fourth-order valence-electron chi connectivity index (χ4n) is 3.12. The van der Waals surface area contributed by atoms with Crippen LogP contribution in [0.5, 0.6) is 0 Å². The Morgan fingerprint density at radius 1 is 0.931 bits per heavy atom. The number of fused-ring (bicyclic) bond motifs is 1. The van der Waals surface area contributed by atoms with E-state index in [1.54, 1.807) is 37.4 Å². The lowest BCUT2D eigenvalue weighted by Crippen LogP contribution is -2.24. The molecule has 1 N–H and O–H groups in total. The van der Waals surface area contributed by atoms with Crippen molar-refractivity contribution in [3.63, 3.8) is 0 Å². The third kappa shape index (κ3) is 3.88. The number of anilines is 1. The van der Waals surface area contributed by atoms with Crippen molar-refractivity contribution >= 4 is 32.2 Å². The van der Waals surface area contributed by atoms with Crippen molar-refractivity contribution in [2.24, 2.45) is 7.05 Å². The van der Waals surface area contributed by atoms with E-state index in [0.717, 1.165) is 16.3 Å². The minimum atomic E-state index is -3.96. The first-order valence-corrected chi connectivity index (χ1v) is 10.6. The molecule has 0 atom stereocenters. The molecule has 0 saturated heterocycles. The predicted octanol–water partition coefficient (Wildman–Crippen LogP) is 3.05. The van der Waals surface area contributed by atoms with Gasteiger partial charge in [-0.15, -0.1) is 10.2 Å². The Bertz CT molecular complexity index is 1300. The van der Waals surface area contributed by atoms with E-state index >= 15 is 0 Å². The summed E-state index contributed by atoms with van der Waals surface area (Å²) < 4.78 is 26.9. The zero-order valence-corrected chi connectivity index (χ0v) is 16.4. The van der Waals surface area contributed by atoms with Crippen molar-refractivity contribution in [3.8, 4) is 11.4 Å². The van der Waals surface area contributed by atoms with Crippen LogP contribution in [0.2, 0.25) is 0 Å². The molecule has 8 heteroatoms. The monoisotopic (exact) mass is 406 g/mol. The summed E-state index contributed by atoms with van der Waals surface area (Å²) in [6, 6.07) is 22.3. The third-order valence-corrected chi connectivity index (χ3v) is 6.05. The maximum Gasteiger partial charge on any atom is 0.250 e. The Morgan fingerprint density at radius 2 is 1.62 bits per heavy atom. The van der Waals surface area contributed by atoms with E-state index in [0.29, 0.717) is 11.5 Å². The van der Waals surface area contributed by atoms with Crippen molar-refractivity contribution < 1.29 is 13.2 Å². The van der Waals surface area contributed by atoms with Crippen LogP contribution in [-0.4, -0.2) is 34.8 Å². The lowest BCUT2D eigenvalue weighted by atomic mass is 10.1. The van der Waals surface area contributed by atoms with Gasteiger partial charge in [0.15, 0.2) is 5.82 Å². The van der Waals surface area contributed by atoms with E-state index in [9.17, 15) is 13.2 Å². The number of nitrogens with one attached hydrogen (secondary N) is 1. The summed E-state index contributed by atoms with van der Waals surface area (Å²) in [5, 5.41) is 12.3. The molecule has 1 amide bonds. The topological polar surface area (TPSA) is 93.9 Å². The van der Waals surface area contributed by atoms with Gasteiger partial charge in [-0.3, -0.25) is 4.79 Å². The largest absolute Gasteiger partial charge is 0.325 e. The lowest BCUT2D eigenvalue weighted by Gasteiger charge is -2.07. The van der Waals surface area contributed by atoms with E-state index in [4.69, 9.17) is 0 Å². The van der Waals surface area contributed by atoms with E-state index in [1.165, 1.54) is 4.57 Å². The van der Waals surface area contributed by atoms with E-state index in [-0.39, 0.29) is 5.16 Å². The van der Waals surface area contributed by atoms with Crippen molar-refractivity contribution in [1.29, 1.82) is 0 Å². The molecule has 29 heavy (non-hydrogen) atoms. The molecule has 0 fully saturated rings. The number of para-hydroxylation sites is 1. The van der Waals surface area contributed by atoms with Crippen LogP contribution in [0.1, 0.15) is 0 Å². The molecule has 7 nitrogen and oxygen atoms in total. The molecular weight excluding hydrogens is 388 g/mol. The second-order valence-electron chi connectivity index (χ2n) is 6.60. The SMILES string of the molecule is Cn1c(-c2ccc3ccccc3c2)nnc1S(=O)(=O)CC(=O)Nc1ccccc1. The van der Waals surface area contributed by atoms with E-state index in [1.807, 2.05) is 42.5 Å². The minimum Gasteiger partial charge on any atom is -0.325 e. The Balaban J connectivity index is 1.60. The Labute approximate surface area is 167 Å². The molecule has 0 bridgehead atoms. The summed E-state index contributed by atoms with van der Waals surface area (Å²) in [5.74, 6) is -0.935. The zero-order valence-electron chi connectivity index (χ0n) is 15.6. The summed E-state index contributed by atoms with van der Waals surface area (Å²) in [4.78, 5) is 12.2. The predicted molar refractivity (Wildman–Crippen MR) is 111 cm³/mol. The number of sulfone groups is 1. The van der Waals surface area contributed by atoms with Gasteiger partial charge in [-0.2, -0.15) is 0 Å². The molecule has 0 spiro atoms. The average Bonchev–Trinajstić information content (AvgIpc) is 3.10. The fraction of sp³-hybridized carbons (Fsp3) is 0.0952. The first kappa shape index (κ1) is 18.8. The smallest absolute Gasteiger partial charge is 0.250 e. The fourth-order valence-corrected chi connectivity index (χ4v) is 4.34. The highest BCUT2D eigenvalue weighted by molar-refractivity contribution is 7.92. The first-order chi connectivity index (χ1) is 13.9.